The lowest BCUT2D eigenvalue weighted by Crippen LogP contribution is -2.39. The molecule has 4 nitrogen and oxygen atoms in total. The highest BCUT2D eigenvalue weighted by molar-refractivity contribution is 7.81. The van der Waals surface area contributed by atoms with Crippen LogP contribution in [0.15, 0.2) is 67.0 Å². The second-order valence-corrected chi connectivity index (χ2v) is 9.48. The molecule has 0 amide bonds. The third-order valence-corrected chi connectivity index (χ3v) is 5.70. The Morgan fingerprint density at radius 2 is 1.72 bits per heavy atom. The van der Waals surface area contributed by atoms with Gasteiger partial charge in [0.15, 0.2) is 23.1 Å². The van der Waals surface area contributed by atoms with Gasteiger partial charge in [0.1, 0.15) is 0 Å². The Kier molecular flexibility index (Phi) is 7.12. The van der Waals surface area contributed by atoms with E-state index in [0.717, 1.165) is 22.4 Å². The lowest BCUT2D eigenvalue weighted by Gasteiger charge is -2.19. The summed E-state index contributed by atoms with van der Waals surface area (Å²) in [5, 5.41) is 24.2. The molecule has 32 heavy (non-hydrogen) atoms. The van der Waals surface area contributed by atoms with Gasteiger partial charge in [0.05, 0.1) is 6.61 Å². The first kappa shape index (κ1) is 23.6. The van der Waals surface area contributed by atoms with Gasteiger partial charge in [-0.25, -0.2) is 0 Å². The SMILES string of the molecule is Cc1ccc(C)c(NC(=S)/C(=C(\O)c2ccc(C(C)(C)C)cc2)[n+]2cccc(CO)c2)c1. The fourth-order valence-corrected chi connectivity index (χ4v) is 3.73. The predicted molar refractivity (Wildman–Crippen MR) is 136 cm³/mol. The molecule has 166 valence electrons. The Bertz CT molecular complexity index is 1160. The lowest BCUT2D eigenvalue weighted by atomic mass is 9.86. The molecular weight excluding hydrogens is 416 g/mol. The second-order valence-electron chi connectivity index (χ2n) is 9.07. The van der Waals surface area contributed by atoms with E-state index < -0.39 is 0 Å². The first-order valence-electron chi connectivity index (χ1n) is 10.6. The molecular formula is C27H31N2O2S+. The van der Waals surface area contributed by atoms with E-state index in [9.17, 15) is 10.2 Å². The van der Waals surface area contributed by atoms with Crippen LogP contribution in [-0.4, -0.2) is 15.2 Å². The molecule has 2 aromatic carbocycles. The summed E-state index contributed by atoms with van der Waals surface area (Å²) in [6.07, 6.45) is 3.58. The maximum absolute atomic E-state index is 11.3. The van der Waals surface area contributed by atoms with Crippen molar-refractivity contribution in [3.63, 3.8) is 0 Å². The number of thiocarbonyl (C=S) groups is 1. The van der Waals surface area contributed by atoms with Crippen LogP contribution in [0.1, 0.15) is 48.6 Å². The molecule has 0 aliphatic rings. The van der Waals surface area contributed by atoms with E-state index in [1.165, 1.54) is 5.56 Å². The van der Waals surface area contributed by atoms with Crippen molar-refractivity contribution in [2.24, 2.45) is 0 Å². The highest BCUT2D eigenvalue weighted by atomic mass is 32.1. The number of aryl methyl sites for hydroxylation is 2. The van der Waals surface area contributed by atoms with Crippen LogP contribution in [0.25, 0.3) is 11.5 Å². The Hall–Kier alpha value is -3.02. The van der Waals surface area contributed by atoms with Crippen LogP contribution in [0.4, 0.5) is 5.69 Å². The van der Waals surface area contributed by atoms with Crippen LogP contribution < -0.4 is 9.88 Å². The largest absolute Gasteiger partial charge is 0.502 e. The fourth-order valence-electron chi connectivity index (χ4n) is 3.42. The van der Waals surface area contributed by atoms with E-state index in [1.54, 1.807) is 10.8 Å². The maximum atomic E-state index is 11.3. The van der Waals surface area contributed by atoms with E-state index in [4.69, 9.17) is 12.2 Å². The van der Waals surface area contributed by atoms with Crippen molar-refractivity contribution in [3.05, 3.63) is 94.8 Å². The van der Waals surface area contributed by atoms with Gasteiger partial charge < -0.3 is 15.5 Å². The van der Waals surface area contributed by atoms with Gasteiger partial charge in [-0.1, -0.05) is 69.4 Å². The van der Waals surface area contributed by atoms with E-state index in [0.29, 0.717) is 16.2 Å². The van der Waals surface area contributed by atoms with E-state index in [2.05, 4.69) is 26.1 Å². The number of hydrogen-bond acceptors (Lipinski definition) is 3. The van der Waals surface area contributed by atoms with Crippen molar-refractivity contribution in [1.82, 2.24) is 0 Å². The van der Waals surface area contributed by atoms with Gasteiger partial charge in [-0.15, -0.1) is 0 Å². The van der Waals surface area contributed by atoms with Crippen molar-refractivity contribution in [2.75, 3.05) is 5.32 Å². The molecule has 3 aromatic rings. The molecule has 0 bridgehead atoms. The molecule has 5 heteroatoms. The van der Waals surface area contributed by atoms with Crippen LogP contribution in [0, 0.1) is 13.8 Å². The van der Waals surface area contributed by atoms with Crippen molar-refractivity contribution in [2.45, 2.75) is 46.6 Å². The van der Waals surface area contributed by atoms with Crippen LogP contribution in [-0.2, 0) is 12.0 Å². The molecule has 0 unspecified atom stereocenters. The lowest BCUT2D eigenvalue weighted by molar-refractivity contribution is -0.576. The summed E-state index contributed by atoms with van der Waals surface area (Å²) in [5.74, 6) is 0.0633. The Morgan fingerprint density at radius 3 is 2.34 bits per heavy atom. The standard InChI is InChI=1S/C27H30N2O2S/c1-18-8-9-19(2)23(15-18)28-26(32)24(29-14-6-7-20(16-29)17-30)25(31)21-10-12-22(13-11-21)27(3,4)5/h6-16,30H,17H2,1-5H3,(H-,28,31,32)/p+1. The van der Waals surface area contributed by atoms with Crippen molar-refractivity contribution < 1.29 is 14.8 Å². The summed E-state index contributed by atoms with van der Waals surface area (Å²) in [6, 6.07) is 17.6. The highest BCUT2D eigenvalue weighted by Crippen LogP contribution is 2.26. The molecule has 1 aromatic heterocycles. The molecule has 0 radical (unpaired) electrons. The smallest absolute Gasteiger partial charge is 0.288 e. The van der Waals surface area contributed by atoms with Crippen LogP contribution in [0.5, 0.6) is 0 Å². The number of aromatic nitrogens is 1. The number of rotatable bonds is 5. The molecule has 0 saturated heterocycles. The van der Waals surface area contributed by atoms with Gasteiger partial charge >= 0.3 is 0 Å². The van der Waals surface area contributed by atoms with E-state index >= 15 is 0 Å². The van der Waals surface area contributed by atoms with Gasteiger partial charge in [0, 0.05) is 22.9 Å². The van der Waals surface area contributed by atoms with Crippen LogP contribution >= 0.6 is 12.2 Å². The minimum absolute atomic E-state index is 0.0183. The van der Waals surface area contributed by atoms with Gasteiger partial charge in [-0.3, -0.25) is 0 Å². The third kappa shape index (κ3) is 5.42. The highest BCUT2D eigenvalue weighted by Gasteiger charge is 2.25. The average molecular weight is 448 g/mol. The summed E-state index contributed by atoms with van der Waals surface area (Å²) in [7, 11) is 0. The summed E-state index contributed by atoms with van der Waals surface area (Å²) in [6.45, 7) is 10.4. The van der Waals surface area contributed by atoms with Crippen molar-refractivity contribution in [3.8, 4) is 0 Å². The van der Waals surface area contributed by atoms with Crippen molar-refractivity contribution >= 4 is 34.3 Å². The summed E-state index contributed by atoms with van der Waals surface area (Å²) < 4.78 is 1.75. The molecule has 0 aliphatic heterocycles. The Morgan fingerprint density at radius 1 is 1.03 bits per heavy atom. The fraction of sp³-hybridized carbons (Fsp3) is 0.259. The molecule has 0 saturated carbocycles. The van der Waals surface area contributed by atoms with Crippen LogP contribution in [0.2, 0.25) is 0 Å². The minimum atomic E-state index is -0.105. The number of anilines is 1. The van der Waals surface area contributed by atoms with E-state index in [1.807, 2.05) is 74.6 Å². The first-order valence-corrected chi connectivity index (χ1v) is 11.0. The average Bonchev–Trinajstić information content (AvgIpc) is 2.76. The Labute approximate surface area is 195 Å². The number of nitrogens with one attached hydrogen (secondary N) is 1. The minimum Gasteiger partial charge on any atom is -0.502 e. The summed E-state index contributed by atoms with van der Waals surface area (Å²) >= 11 is 5.77. The number of aliphatic hydroxyl groups excluding tert-OH is 2. The normalized spacial score (nSPS) is 12.3. The van der Waals surface area contributed by atoms with Crippen LogP contribution in [0.3, 0.4) is 0 Å². The number of pyridine rings is 1. The molecule has 0 atom stereocenters. The number of benzene rings is 2. The monoisotopic (exact) mass is 447 g/mol. The summed E-state index contributed by atoms with van der Waals surface area (Å²) in [4.78, 5) is 0.385. The Balaban J connectivity index is 2.11. The van der Waals surface area contributed by atoms with Gasteiger partial charge in [-0.2, -0.15) is 4.57 Å². The zero-order valence-electron chi connectivity index (χ0n) is 19.3. The zero-order chi connectivity index (χ0) is 23.5. The van der Waals surface area contributed by atoms with E-state index in [-0.39, 0.29) is 17.8 Å². The molecule has 0 spiro atoms. The van der Waals surface area contributed by atoms with Gasteiger partial charge in [0.2, 0.25) is 0 Å². The first-order chi connectivity index (χ1) is 15.1. The number of aliphatic hydroxyl groups is 2. The molecule has 3 N–H and O–H groups in total. The maximum Gasteiger partial charge on any atom is 0.288 e. The second kappa shape index (κ2) is 9.63. The van der Waals surface area contributed by atoms with Gasteiger partial charge in [-0.05, 0) is 48.1 Å². The third-order valence-electron chi connectivity index (χ3n) is 5.41. The van der Waals surface area contributed by atoms with Gasteiger partial charge in [0.25, 0.3) is 5.70 Å². The quantitative estimate of drug-likeness (QED) is 0.203. The topological polar surface area (TPSA) is 56.4 Å². The number of nitrogens with zero attached hydrogens (tertiary/aromatic N) is 1. The molecule has 1 heterocycles. The van der Waals surface area contributed by atoms with Crippen molar-refractivity contribution in [1.29, 1.82) is 0 Å². The zero-order valence-corrected chi connectivity index (χ0v) is 20.1. The molecule has 0 aliphatic carbocycles. The predicted octanol–water partition coefficient (Wildman–Crippen LogP) is 5.70. The number of hydrogen-bond donors (Lipinski definition) is 3. The molecule has 0 fully saturated rings. The molecule has 3 rings (SSSR count). The summed E-state index contributed by atoms with van der Waals surface area (Å²) in [5.41, 5.74) is 6.09.